The third-order valence-electron chi connectivity index (χ3n) is 5.29. The number of nitrogens with one attached hydrogen (secondary N) is 2. The molecule has 1 heterocycles. The molecule has 9 nitrogen and oxygen atoms in total. The lowest BCUT2D eigenvalue weighted by atomic mass is 9.76. The lowest BCUT2D eigenvalue weighted by molar-refractivity contribution is -0.136. The summed E-state index contributed by atoms with van der Waals surface area (Å²) in [4.78, 5) is 38.2. The Morgan fingerprint density at radius 3 is 2.61 bits per heavy atom. The smallest absolute Gasteiger partial charge is 0.325 e. The van der Waals surface area contributed by atoms with Crippen LogP contribution in [0.25, 0.3) is 0 Å². The van der Waals surface area contributed by atoms with Crippen LogP contribution in [0.3, 0.4) is 0 Å². The zero-order valence-corrected chi connectivity index (χ0v) is 16.4. The summed E-state index contributed by atoms with van der Waals surface area (Å²) in [5.74, 6) is -0.469. The van der Waals surface area contributed by atoms with Crippen LogP contribution in [-0.2, 0) is 26.2 Å². The number of hydrogen-bond acceptors (Lipinski definition) is 5. The van der Waals surface area contributed by atoms with E-state index >= 15 is 0 Å². The number of carbonyl (C=O) groups is 3. The van der Waals surface area contributed by atoms with Gasteiger partial charge in [0.1, 0.15) is 12.1 Å². The molecule has 1 aliphatic carbocycles. The van der Waals surface area contributed by atoms with Crippen LogP contribution in [0, 0.1) is 5.92 Å². The Bertz CT molecular complexity index is 899. The Hall–Kier alpha value is -2.46. The Kier molecular flexibility index (Phi) is 5.44. The van der Waals surface area contributed by atoms with Crippen LogP contribution in [0.1, 0.15) is 38.2 Å². The molecule has 152 valence electrons. The minimum absolute atomic E-state index is 0.0195. The van der Waals surface area contributed by atoms with Gasteiger partial charge < -0.3 is 10.6 Å². The van der Waals surface area contributed by atoms with E-state index in [-0.39, 0.29) is 23.9 Å². The molecule has 1 aromatic rings. The Morgan fingerprint density at radius 2 is 2.00 bits per heavy atom. The van der Waals surface area contributed by atoms with Crippen LogP contribution in [0.2, 0.25) is 0 Å². The minimum Gasteiger partial charge on any atom is -0.350 e. The van der Waals surface area contributed by atoms with E-state index in [2.05, 4.69) is 17.6 Å². The number of amides is 4. The number of nitrogens with two attached hydrogens (primary N) is 1. The Labute approximate surface area is 163 Å². The fourth-order valence-corrected chi connectivity index (χ4v) is 4.39. The topological polar surface area (TPSA) is 139 Å². The predicted octanol–water partition coefficient (Wildman–Crippen LogP) is 0.451. The van der Waals surface area contributed by atoms with Gasteiger partial charge in [0.15, 0.2) is 0 Å². The van der Waals surface area contributed by atoms with Gasteiger partial charge in [-0.3, -0.25) is 14.5 Å². The molecule has 0 bridgehead atoms. The van der Waals surface area contributed by atoms with Gasteiger partial charge in [-0.05, 0) is 36.5 Å². The Balaban J connectivity index is 1.57. The van der Waals surface area contributed by atoms with Gasteiger partial charge in [0, 0.05) is 6.54 Å². The van der Waals surface area contributed by atoms with Crippen molar-refractivity contribution in [2.24, 2.45) is 11.1 Å². The molecule has 1 saturated carbocycles. The van der Waals surface area contributed by atoms with Gasteiger partial charge >= 0.3 is 6.03 Å². The Morgan fingerprint density at radius 1 is 1.32 bits per heavy atom. The van der Waals surface area contributed by atoms with E-state index in [0.29, 0.717) is 24.3 Å². The molecule has 10 heteroatoms. The van der Waals surface area contributed by atoms with E-state index in [1.54, 1.807) is 0 Å². The lowest BCUT2D eigenvalue weighted by Crippen LogP contribution is -2.50. The molecule has 2 unspecified atom stereocenters. The van der Waals surface area contributed by atoms with Crippen LogP contribution >= 0.6 is 0 Å². The lowest BCUT2D eigenvalue weighted by Gasteiger charge is -2.34. The average Bonchev–Trinajstić information content (AvgIpc) is 2.83. The largest absolute Gasteiger partial charge is 0.350 e. The van der Waals surface area contributed by atoms with Gasteiger partial charge in [0.2, 0.25) is 15.9 Å². The molecule has 1 aromatic carbocycles. The number of rotatable bonds is 5. The number of primary sulfonamides is 1. The molecule has 1 spiro atoms. The molecule has 1 aliphatic heterocycles. The monoisotopic (exact) mass is 408 g/mol. The molecule has 0 aromatic heterocycles. The second-order valence-electron chi connectivity index (χ2n) is 7.57. The summed E-state index contributed by atoms with van der Waals surface area (Å²) in [7, 11) is -3.77. The van der Waals surface area contributed by atoms with Crippen LogP contribution in [0.4, 0.5) is 4.79 Å². The maximum Gasteiger partial charge on any atom is 0.325 e. The van der Waals surface area contributed by atoms with Crippen molar-refractivity contribution < 1.29 is 22.8 Å². The van der Waals surface area contributed by atoms with Crippen molar-refractivity contribution in [3.8, 4) is 0 Å². The fourth-order valence-electron chi connectivity index (χ4n) is 3.88. The van der Waals surface area contributed by atoms with Crippen molar-refractivity contribution in [2.45, 2.75) is 49.6 Å². The standard InChI is InChI=1S/C18H24N4O5S/c1-12-3-2-8-18(9-12)16(24)22(17(25)21-18)11-15(23)20-10-13-4-6-14(7-5-13)28(19,26)27/h4-7,12H,2-3,8-11H2,1H3,(H,20,23)(H,21,25)(H2,19,26,27). The number of carbonyl (C=O) groups excluding carboxylic acids is 3. The summed E-state index contributed by atoms with van der Waals surface area (Å²) in [6, 6.07) is 5.23. The first-order valence-corrected chi connectivity index (χ1v) is 10.7. The average molecular weight is 408 g/mol. The highest BCUT2D eigenvalue weighted by atomic mass is 32.2. The van der Waals surface area contributed by atoms with Gasteiger partial charge in [0.25, 0.3) is 5.91 Å². The van der Waals surface area contributed by atoms with Gasteiger partial charge in [-0.2, -0.15) is 0 Å². The number of imide groups is 1. The van der Waals surface area contributed by atoms with Crippen LogP contribution in [0.15, 0.2) is 29.2 Å². The van der Waals surface area contributed by atoms with Crippen molar-refractivity contribution in [3.63, 3.8) is 0 Å². The molecule has 4 N–H and O–H groups in total. The van der Waals surface area contributed by atoms with Crippen molar-refractivity contribution in [2.75, 3.05) is 6.54 Å². The second kappa shape index (κ2) is 7.51. The molecular weight excluding hydrogens is 384 g/mol. The predicted molar refractivity (Wildman–Crippen MR) is 100 cm³/mol. The van der Waals surface area contributed by atoms with Crippen molar-refractivity contribution >= 4 is 27.9 Å². The molecular formula is C18H24N4O5S. The molecule has 3 rings (SSSR count). The van der Waals surface area contributed by atoms with Gasteiger partial charge in [-0.15, -0.1) is 0 Å². The number of hydrogen-bond donors (Lipinski definition) is 3. The summed E-state index contributed by atoms with van der Waals surface area (Å²) in [6.45, 7) is 1.84. The first-order valence-electron chi connectivity index (χ1n) is 9.13. The van der Waals surface area contributed by atoms with Crippen LogP contribution in [-0.4, -0.2) is 43.2 Å². The van der Waals surface area contributed by atoms with Crippen LogP contribution < -0.4 is 15.8 Å². The number of benzene rings is 1. The number of urea groups is 1. The van der Waals surface area contributed by atoms with Crippen molar-refractivity contribution in [3.05, 3.63) is 29.8 Å². The third kappa shape index (κ3) is 4.17. The van der Waals surface area contributed by atoms with Crippen molar-refractivity contribution in [1.29, 1.82) is 0 Å². The SMILES string of the molecule is CC1CCCC2(C1)NC(=O)N(CC(=O)NCc1ccc(S(N)(=O)=O)cc1)C2=O. The molecule has 2 fully saturated rings. The van der Waals surface area contributed by atoms with E-state index < -0.39 is 27.5 Å². The number of nitrogens with zero attached hydrogens (tertiary/aromatic N) is 1. The minimum atomic E-state index is -3.77. The number of sulfonamides is 1. The van der Waals surface area contributed by atoms with E-state index in [4.69, 9.17) is 5.14 Å². The quantitative estimate of drug-likeness (QED) is 0.607. The fraction of sp³-hybridized carbons (Fsp3) is 0.500. The summed E-state index contributed by atoms with van der Waals surface area (Å²) >= 11 is 0. The summed E-state index contributed by atoms with van der Waals surface area (Å²) < 4.78 is 22.5. The molecule has 28 heavy (non-hydrogen) atoms. The molecule has 4 amide bonds. The van der Waals surface area contributed by atoms with E-state index in [1.807, 2.05) is 0 Å². The summed E-state index contributed by atoms with van der Waals surface area (Å²) in [5.41, 5.74) is -0.214. The van der Waals surface area contributed by atoms with E-state index in [1.165, 1.54) is 24.3 Å². The van der Waals surface area contributed by atoms with E-state index in [0.717, 1.165) is 17.7 Å². The van der Waals surface area contributed by atoms with Gasteiger partial charge in [-0.1, -0.05) is 31.9 Å². The zero-order valence-electron chi connectivity index (χ0n) is 15.6. The van der Waals surface area contributed by atoms with E-state index in [9.17, 15) is 22.8 Å². The normalized spacial score (nSPS) is 25.1. The maximum atomic E-state index is 12.8. The third-order valence-corrected chi connectivity index (χ3v) is 6.22. The van der Waals surface area contributed by atoms with Gasteiger partial charge in [0.05, 0.1) is 4.90 Å². The van der Waals surface area contributed by atoms with Gasteiger partial charge in [-0.25, -0.2) is 18.4 Å². The molecule has 0 radical (unpaired) electrons. The second-order valence-corrected chi connectivity index (χ2v) is 9.13. The molecule has 1 saturated heterocycles. The highest BCUT2D eigenvalue weighted by Crippen LogP contribution is 2.36. The summed E-state index contributed by atoms with van der Waals surface area (Å²) in [6.07, 6.45) is 3.07. The maximum absolute atomic E-state index is 12.8. The molecule has 2 aliphatic rings. The highest BCUT2D eigenvalue weighted by molar-refractivity contribution is 7.89. The first kappa shape index (κ1) is 20.3. The molecule has 2 atom stereocenters. The van der Waals surface area contributed by atoms with Crippen molar-refractivity contribution in [1.82, 2.24) is 15.5 Å². The first-order chi connectivity index (χ1) is 13.1. The highest BCUT2D eigenvalue weighted by Gasteiger charge is 2.52. The van der Waals surface area contributed by atoms with Crippen LogP contribution in [0.5, 0.6) is 0 Å². The zero-order chi connectivity index (χ0) is 20.5. The summed E-state index contributed by atoms with van der Waals surface area (Å²) in [5, 5.41) is 10.5.